The van der Waals surface area contributed by atoms with E-state index in [0.29, 0.717) is 29.4 Å². The van der Waals surface area contributed by atoms with E-state index in [0.717, 1.165) is 43.1 Å². The van der Waals surface area contributed by atoms with Crippen LogP contribution in [0, 0.1) is 17.7 Å². The maximum absolute atomic E-state index is 14.1. The summed E-state index contributed by atoms with van der Waals surface area (Å²) >= 11 is 5.77. The summed E-state index contributed by atoms with van der Waals surface area (Å²) < 4.78 is 19.9. The number of rotatable bonds is 10. The monoisotopic (exact) mass is 476 g/mol. The van der Waals surface area contributed by atoms with Gasteiger partial charge in [0.25, 0.3) is 0 Å². The van der Waals surface area contributed by atoms with Gasteiger partial charge in [-0.1, -0.05) is 30.6 Å². The molecule has 6 nitrogen and oxygen atoms in total. The van der Waals surface area contributed by atoms with E-state index in [2.05, 4.69) is 24.3 Å². The van der Waals surface area contributed by atoms with Crippen LogP contribution in [0.15, 0.2) is 22.7 Å². The molecule has 2 N–H and O–H groups in total. The Kier molecular flexibility index (Phi) is 7.07. The molecule has 0 unspecified atom stereocenters. The average Bonchev–Trinajstić information content (AvgIpc) is 3.44. The molecule has 2 fully saturated rings. The van der Waals surface area contributed by atoms with Gasteiger partial charge in [0.1, 0.15) is 11.6 Å². The summed E-state index contributed by atoms with van der Waals surface area (Å²) in [7, 11) is 0. The number of carboxylic acid groups (broad SMARTS) is 1. The number of anilines is 1. The topological polar surface area (TPSA) is 92.4 Å². The maximum atomic E-state index is 14.1. The highest BCUT2D eigenvalue weighted by atomic mass is 35.5. The fourth-order valence-electron chi connectivity index (χ4n) is 5.00. The van der Waals surface area contributed by atoms with Crippen LogP contribution in [0.25, 0.3) is 0 Å². The second-order valence-electron chi connectivity index (χ2n) is 9.96. The molecule has 0 saturated heterocycles. The number of benzene rings is 1. The van der Waals surface area contributed by atoms with E-state index in [1.807, 2.05) is 0 Å². The fourth-order valence-corrected chi connectivity index (χ4v) is 5.15. The normalized spacial score (nSPS) is 21.0. The molecule has 1 heterocycles. The van der Waals surface area contributed by atoms with Crippen molar-refractivity contribution in [3.8, 4) is 0 Å². The van der Waals surface area contributed by atoms with Gasteiger partial charge in [-0.15, -0.1) is 0 Å². The third-order valence-corrected chi connectivity index (χ3v) is 6.86. The molecule has 2 aliphatic rings. The molecule has 33 heavy (non-hydrogen) atoms. The van der Waals surface area contributed by atoms with Crippen LogP contribution in [0.4, 0.5) is 10.1 Å². The molecule has 1 aromatic carbocycles. The van der Waals surface area contributed by atoms with Gasteiger partial charge in [-0.3, -0.25) is 9.59 Å². The number of nitrogens with one attached hydrogen (secondary N) is 1. The van der Waals surface area contributed by atoms with Crippen LogP contribution in [-0.2, 0) is 9.59 Å². The standard InChI is InChI=1S/C25H30ClFN2O4/c1-13(2)7-14-8-17(9-14)25-23(15-3-4-15)24(29-33-25)16(11-22(31)32)10-21(30)28-20-6-5-18(26)12-19(20)27/h5-6,12-17H,3-4,7-11H2,1-2H3,(H,28,30)(H,31,32)/t14?,16-,17?/m1/s1. The number of halogens is 2. The molecule has 2 aromatic rings. The van der Waals surface area contributed by atoms with Crippen molar-refractivity contribution in [3.63, 3.8) is 0 Å². The van der Waals surface area contributed by atoms with Gasteiger partial charge in [0.2, 0.25) is 5.91 Å². The summed E-state index contributed by atoms with van der Waals surface area (Å²) in [5, 5.41) is 16.5. The quantitative estimate of drug-likeness (QED) is 0.410. The average molecular weight is 477 g/mol. The minimum atomic E-state index is -1.02. The van der Waals surface area contributed by atoms with Gasteiger partial charge in [-0.25, -0.2) is 4.39 Å². The molecule has 178 valence electrons. The van der Waals surface area contributed by atoms with Crippen LogP contribution in [-0.4, -0.2) is 22.1 Å². The van der Waals surface area contributed by atoms with E-state index in [1.54, 1.807) is 0 Å². The number of amides is 1. The van der Waals surface area contributed by atoms with Crippen molar-refractivity contribution in [1.82, 2.24) is 5.16 Å². The molecule has 2 aliphatic carbocycles. The second-order valence-corrected chi connectivity index (χ2v) is 10.4. The van der Waals surface area contributed by atoms with E-state index in [9.17, 15) is 19.1 Å². The zero-order chi connectivity index (χ0) is 23.7. The van der Waals surface area contributed by atoms with Crippen molar-refractivity contribution in [2.45, 2.75) is 76.5 Å². The van der Waals surface area contributed by atoms with E-state index in [4.69, 9.17) is 16.1 Å². The number of carboxylic acids is 1. The van der Waals surface area contributed by atoms with Crippen LogP contribution in [0.2, 0.25) is 5.02 Å². The largest absolute Gasteiger partial charge is 0.481 e. The molecule has 0 radical (unpaired) electrons. The highest BCUT2D eigenvalue weighted by molar-refractivity contribution is 6.30. The number of carbonyl (C=O) groups is 2. The molecule has 1 aromatic heterocycles. The molecular formula is C25H30ClFN2O4. The zero-order valence-corrected chi connectivity index (χ0v) is 19.7. The Morgan fingerprint density at radius 2 is 1.97 bits per heavy atom. The van der Waals surface area contributed by atoms with Crippen LogP contribution in [0.3, 0.4) is 0 Å². The highest BCUT2D eigenvalue weighted by Gasteiger charge is 2.42. The Morgan fingerprint density at radius 3 is 2.58 bits per heavy atom. The van der Waals surface area contributed by atoms with E-state index in [-0.39, 0.29) is 23.6 Å². The number of nitrogens with zero attached hydrogens (tertiary/aromatic N) is 1. The number of hydrogen-bond donors (Lipinski definition) is 2. The molecule has 8 heteroatoms. The van der Waals surface area contributed by atoms with Crippen LogP contribution in [0.1, 0.15) is 93.6 Å². The molecule has 2 saturated carbocycles. The lowest BCUT2D eigenvalue weighted by atomic mass is 9.69. The molecule has 1 atom stereocenters. The van der Waals surface area contributed by atoms with Crippen LogP contribution < -0.4 is 5.32 Å². The maximum Gasteiger partial charge on any atom is 0.304 e. The smallest absolute Gasteiger partial charge is 0.304 e. The van der Waals surface area contributed by atoms with Crippen molar-refractivity contribution < 1.29 is 23.6 Å². The molecule has 1 amide bonds. The Morgan fingerprint density at radius 1 is 1.24 bits per heavy atom. The van der Waals surface area contributed by atoms with Crippen molar-refractivity contribution >= 4 is 29.2 Å². The third-order valence-electron chi connectivity index (χ3n) is 6.63. The lowest BCUT2D eigenvalue weighted by Gasteiger charge is -2.35. The summed E-state index contributed by atoms with van der Waals surface area (Å²) in [4.78, 5) is 24.3. The lowest BCUT2D eigenvalue weighted by molar-refractivity contribution is -0.137. The van der Waals surface area contributed by atoms with E-state index < -0.39 is 23.6 Å². The first-order valence-electron chi connectivity index (χ1n) is 11.7. The van der Waals surface area contributed by atoms with Crippen molar-refractivity contribution in [3.05, 3.63) is 46.1 Å². The van der Waals surface area contributed by atoms with Crippen LogP contribution in [0.5, 0.6) is 0 Å². The fraction of sp³-hybridized carbons (Fsp3) is 0.560. The summed E-state index contributed by atoms with van der Waals surface area (Å²) in [5.41, 5.74) is 1.60. The van der Waals surface area contributed by atoms with Gasteiger partial charge >= 0.3 is 5.97 Å². The number of carbonyl (C=O) groups excluding carboxylic acids is 1. The van der Waals surface area contributed by atoms with Gasteiger partial charge in [-0.2, -0.15) is 0 Å². The van der Waals surface area contributed by atoms with Crippen molar-refractivity contribution in [2.75, 3.05) is 5.32 Å². The number of aromatic nitrogens is 1. The van der Waals surface area contributed by atoms with E-state index >= 15 is 0 Å². The molecule has 0 spiro atoms. The molecule has 0 aliphatic heterocycles. The van der Waals surface area contributed by atoms with Gasteiger partial charge in [0.15, 0.2) is 0 Å². The minimum Gasteiger partial charge on any atom is -0.481 e. The molecular weight excluding hydrogens is 447 g/mol. The predicted molar refractivity (Wildman–Crippen MR) is 123 cm³/mol. The SMILES string of the molecule is CC(C)CC1CC(c2onc([C@@H](CC(=O)O)CC(=O)Nc3ccc(Cl)cc3F)c2C2CC2)C1. The summed E-state index contributed by atoms with van der Waals surface area (Å²) in [6.07, 6.45) is 4.98. The number of aliphatic carboxylic acids is 1. The van der Waals surface area contributed by atoms with Gasteiger partial charge in [0.05, 0.1) is 17.8 Å². The Balaban J connectivity index is 1.52. The van der Waals surface area contributed by atoms with Gasteiger partial charge < -0.3 is 14.9 Å². The third kappa shape index (κ3) is 5.75. The summed E-state index contributed by atoms with van der Waals surface area (Å²) in [6, 6.07) is 3.98. The van der Waals surface area contributed by atoms with Crippen molar-refractivity contribution in [2.24, 2.45) is 11.8 Å². The first-order valence-corrected chi connectivity index (χ1v) is 12.0. The number of hydrogen-bond acceptors (Lipinski definition) is 4. The van der Waals surface area contributed by atoms with Crippen LogP contribution >= 0.6 is 11.6 Å². The Hall–Kier alpha value is -2.41. The second kappa shape index (κ2) is 9.84. The molecule has 0 bridgehead atoms. The predicted octanol–water partition coefficient (Wildman–Crippen LogP) is 6.47. The highest BCUT2D eigenvalue weighted by Crippen LogP contribution is 2.52. The summed E-state index contributed by atoms with van der Waals surface area (Å²) in [6.45, 7) is 4.46. The Bertz CT molecular complexity index is 1030. The Labute approximate surface area is 197 Å². The van der Waals surface area contributed by atoms with Gasteiger partial charge in [-0.05, 0) is 68.1 Å². The van der Waals surface area contributed by atoms with Crippen molar-refractivity contribution in [1.29, 1.82) is 0 Å². The summed E-state index contributed by atoms with van der Waals surface area (Å²) in [5.74, 6) is 0.0791. The first kappa shape index (κ1) is 23.7. The minimum absolute atomic E-state index is 0.00685. The zero-order valence-electron chi connectivity index (χ0n) is 18.9. The lowest BCUT2D eigenvalue weighted by Crippen LogP contribution is -2.24. The van der Waals surface area contributed by atoms with Gasteiger partial charge in [0, 0.05) is 28.8 Å². The molecule has 4 rings (SSSR count). The first-order chi connectivity index (χ1) is 15.7. The van der Waals surface area contributed by atoms with E-state index in [1.165, 1.54) is 18.6 Å².